The Bertz CT molecular complexity index is 1410. The number of rotatable bonds is 2. The maximum Gasteiger partial charge on any atom is 0.254 e. The summed E-state index contributed by atoms with van der Waals surface area (Å²) < 4.78 is 12.5. The first-order chi connectivity index (χ1) is 21.2. The summed E-state index contributed by atoms with van der Waals surface area (Å²) in [6.45, 7) is 3.99. The fourth-order valence-corrected chi connectivity index (χ4v) is 6.93. The molecule has 4 bridgehead atoms. The standard InChI is InChI=1S/C34H42N4O6/c1-22-10-11-26-17-29(22)44-27-9-5-6-23(16-27)21-43-30-19-38(18-28(30)35-31(39)20-36(2)32(26)40)34(42)25-12-14-37(15-13-25)33(41)24-7-3-4-8-24/h5-6,9-11,16-17,24-25,28,30H,3-4,7-8,12-15,18-21H2,1-2H3,(H,35,39)/t28-,30-/m0/s1. The summed E-state index contributed by atoms with van der Waals surface area (Å²) in [5.41, 5.74) is 2.21. The second kappa shape index (κ2) is 13.0. The van der Waals surface area contributed by atoms with E-state index in [2.05, 4.69) is 5.32 Å². The van der Waals surface area contributed by atoms with Crippen LogP contribution in [0, 0.1) is 18.8 Å². The van der Waals surface area contributed by atoms with Crippen molar-refractivity contribution in [1.82, 2.24) is 20.0 Å². The molecular formula is C34H42N4O6. The van der Waals surface area contributed by atoms with Gasteiger partial charge in [-0.05, 0) is 68.0 Å². The third kappa shape index (κ3) is 6.60. The normalized spacial score (nSPS) is 23.7. The van der Waals surface area contributed by atoms with Gasteiger partial charge in [0.25, 0.3) is 5.91 Å². The van der Waals surface area contributed by atoms with Gasteiger partial charge in [-0.25, -0.2) is 0 Å². The number of carbonyl (C=O) groups excluding carboxylic acids is 4. The minimum absolute atomic E-state index is 0.0477. The van der Waals surface area contributed by atoms with Gasteiger partial charge in [-0.3, -0.25) is 19.2 Å². The van der Waals surface area contributed by atoms with E-state index in [1.165, 1.54) is 4.90 Å². The molecule has 0 aromatic heterocycles. The van der Waals surface area contributed by atoms with Gasteiger partial charge >= 0.3 is 0 Å². The fraction of sp³-hybridized carbons (Fsp3) is 0.529. The topological polar surface area (TPSA) is 108 Å². The molecule has 10 nitrogen and oxygen atoms in total. The molecule has 6 rings (SSSR count). The van der Waals surface area contributed by atoms with Crippen LogP contribution in [-0.4, -0.2) is 90.2 Å². The number of likely N-dealkylation sites (tertiary alicyclic amines) is 2. The molecule has 2 aromatic carbocycles. The molecule has 3 fully saturated rings. The second-order valence-electron chi connectivity index (χ2n) is 12.7. The molecule has 10 heteroatoms. The lowest BCUT2D eigenvalue weighted by molar-refractivity contribution is -0.142. The average Bonchev–Trinajstić information content (AvgIpc) is 3.71. The summed E-state index contributed by atoms with van der Waals surface area (Å²) >= 11 is 0. The number of amides is 4. The quantitative estimate of drug-likeness (QED) is 0.564. The van der Waals surface area contributed by atoms with E-state index in [4.69, 9.17) is 9.47 Å². The van der Waals surface area contributed by atoms with Gasteiger partial charge in [0.1, 0.15) is 11.5 Å². The SMILES string of the molecule is Cc1ccc2cc1Oc1cccc(c1)CO[C@H]1CN(C(=O)C3CCN(C(=O)C4CCCC4)CC3)C[C@@H]1NC(=O)CN(C)C2=O. The van der Waals surface area contributed by atoms with E-state index in [-0.39, 0.29) is 48.6 Å². The predicted molar refractivity (Wildman–Crippen MR) is 163 cm³/mol. The van der Waals surface area contributed by atoms with Crippen LogP contribution in [0.3, 0.4) is 0 Å². The van der Waals surface area contributed by atoms with Gasteiger partial charge in [-0.1, -0.05) is 31.0 Å². The number of ether oxygens (including phenoxy) is 2. The Morgan fingerprint density at radius 2 is 1.61 bits per heavy atom. The van der Waals surface area contributed by atoms with Gasteiger partial charge in [0, 0.05) is 50.6 Å². The van der Waals surface area contributed by atoms with Gasteiger partial charge in [0.2, 0.25) is 17.7 Å². The van der Waals surface area contributed by atoms with E-state index in [0.29, 0.717) is 56.1 Å². The largest absolute Gasteiger partial charge is 0.457 e. The zero-order valence-electron chi connectivity index (χ0n) is 25.6. The zero-order chi connectivity index (χ0) is 30.8. The summed E-state index contributed by atoms with van der Waals surface area (Å²) in [6.07, 6.45) is 5.09. The Morgan fingerprint density at radius 1 is 0.886 bits per heavy atom. The minimum atomic E-state index is -0.419. The molecular weight excluding hydrogens is 560 g/mol. The lowest BCUT2D eigenvalue weighted by Crippen LogP contribution is -2.48. The Balaban J connectivity index is 1.15. The molecule has 2 atom stereocenters. The third-order valence-electron chi connectivity index (χ3n) is 9.54. The van der Waals surface area contributed by atoms with E-state index in [0.717, 1.165) is 36.8 Å². The third-order valence-corrected chi connectivity index (χ3v) is 9.54. The van der Waals surface area contributed by atoms with Gasteiger partial charge in [-0.15, -0.1) is 0 Å². The first kappa shape index (κ1) is 30.1. The van der Waals surface area contributed by atoms with Crippen molar-refractivity contribution in [1.29, 1.82) is 0 Å². The molecule has 1 saturated carbocycles. The summed E-state index contributed by atoms with van der Waals surface area (Å²) in [5, 5.41) is 3.05. The van der Waals surface area contributed by atoms with Crippen LogP contribution in [0.4, 0.5) is 0 Å². The number of fused-ring (bicyclic) bond motifs is 5. The Hall–Kier alpha value is -3.92. The number of piperidine rings is 1. The van der Waals surface area contributed by atoms with Crippen molar-refractivity contribution in [2.45, 2.75) is 64.2 Å². The molecule has 0 radical (unpaired) electrons. The molecule has 3 aliphatic heterocycles. The number of hydrogen-bond acceptors (Lipinski definition) is 6. The molecule has 2 saturated heterocycles. The minimum Gasteiger partial charge on any atom is -0.457 e. The maximum absolute atomic E-state index is 13.7. The van der Waals surface area contributed by atoms with Crippen LogP contribution >= 0.6 is 0 Å². The number of likely N-dealkylation sites (N-methyl/N-ethyl adjacent to an activating group) is 1. The van der Waals surface area contributed by atoms with Crippen molar-refractivity contribution < 1.29 is 28.7 Å². The second-order valence-corrected chi connectivity index (χ2v) is 12.7. The van der Waals surface area contributed by atoms with E-state index < -0.39 is 12.1 Å². The first-order valence-corrected chi connectivity index (χ1v) is 15.9. The monoisotopic (exact) mass is 602 g/mol. The Kier molecular flexibility index (Phi) is 8.88. The number of carbonyl (C=O) groups is 4. The summed E-state index contributed by atoms with van der Waals surface area (Å²) in [7, 11) is 1.59. The van der Waals surface area contributed by atoms with Crippen LogP contribution < -0.4 is 10.1 Å². The smallest absolute Gasteiger partial charge is 0.254 e. The van der Waals surface area contributed by atoms with Crippen LogP contribution in [0.25, 0.3) is 0 Å². The average molecular weight is 603 g/mol. The van der Waals surface area contributed by atoms with Crippen LogP contribution in [0.2, 0.25) is 0 Å². The molecule has 44 heavy (non-hydrogen) atoms. The number of nitrogens with one attached hydrogen (secondary N) is 1. The van der Waals surface area contributed by atoms with Crippen LogP contribution in [-0.2, 0) is 25.7 Å². The molecule has 1 N–H and O–H groups in total. The highest BCUT2D eigenvalue weighted by Gasteiger charge is 2.40. The predicted octanol–water partition coefficient (Wildman–Crippen LogP) is 3.51. The molecule has 3 heterocycles. The highest BCUT2D eigenvalue weighted by Crippen LogP contribution is 2.31. The first-order valence-electron chi connectivity index (χ1n) is 15.9. The lowest BCUT2D eigenvalue weighted by Gasteiger charge is -2.34. The van der Waals surface area contributed by atoms with E-state index >= 15 is 0 Å². The highest BCUT2D eigenvalue weighted by molar-refractivity contribution is 5.97. The van der Waals surface area contributed by atoms with E-state index in [1.807, 2.05) is 42.2 Å². The molecule has 4 aliphatic rings. The van der Waals surface area contributed by atoms with E-state index in [1.54, 1.807) is 24.1 Å². The number of aryl methyl sites for hydroxylation is 1. The summed E-state index contributed by atoms with van der Waals surface area (Å²) in [4.78, 5) is 58.1. The fourth-order valence-electron chi connectivity index (χ4n) is 6.93. The van der Waals surface area contributed by atoms with Crippen molar-refractivity contribution in [3.63, 3.8) is 0 Å². The molecule has 0 unspecified atom stereocenters. The van der Waals surface area contributed by atoms with Gasteiger partial charge in [0.05, 0.1) is 25.3 Å². The van der Waals surface area contributed by atoms with Crippen molar-refractivity contribution in [3.05, 3.63) is 59.2 Å². The van der Waals surface area contributed by atoms with E-state index in [9.17, 15) is 19.2 Å². The number of nitrogens with zero attached hydrogens (tertiary/aromatic N) is 3. The van der Waals surface area contributed by atoms with Crippen molar-refractivity contribution in [2.24, 2.45) is 11.8 Å². The zero-order valence-corrected chi connectivity index (χ0v) is 25.6. The van der Waals surface area contributed by atoms with Crippen molar-refractivity contribution in [3.8, 4) is 11.5 Å². The molecule has 4 amide bonds. The summed E-state index contributed by atoms with van der Waals surface area (Å²) in [6, 6.07) is 12.4. The Morgan fingerprint density at radius 3 is 2.39 bits per heavy atom. The Labute approximate surface area is 258 Å². The maximum atomic E-state index is 13.7. The van der Waals surface area contributed by atoms with Gasteiger partial charge in [0.15, 0.2) is 0 Å². The highest BCUT2D eigenvalue weighted by atomic mass is 16.5. The van der Waals surface area contributed by atoms with Gasteiger partial charge < -0.3 is 29.5 Å². The number of hydrogen-bond donors (Lipinski definition) is 1. The molecule has 1 aliphatic carbocycles. The molecule has 234 valence electrons. The summed E-state index contributed by atoms with van der Waals surface area (Å²) in [5.74, 6) is 0.883. The van der Waals surface area contributed by atoms with Crippen LogP contribution in [0.15, 0.2) is 42.5 Å². The number of benzene rings is 2. The van der Waals surface area contributed by atoms with Crippen LogP contribution in [0.5, 0.6) is 11.5 Å². The van der Waals surface area contributed by atoms with Gasteiger partial charge in [-0.2, -0.15) is 0 Å². The van der Waals surface area contributed by atoms with Crippen molar-refractivity contribution in [2.75, 3.05) is 39.8 Å². The molecule has 0 spiro atoms. The van der Waals surface area contributed by atoms with Crippen molar-refractivity contribution >= 4 is 23.6 Å². The molecule has 2 aromatic rings. The van der Waals surface area contributed by atoms with Crippen LogP contribution in [0.1, 0.15) is 60.0 Å². The lowest BCUT2D eigenvalue weighted by atomic mass is 9.94.